The average molecular weight is 475 g/mol. The third kappa shape index (κ3) is 4.25. The third-order valence-electron chi connectivity index (χ3n) is 7.06. The van der Waals surface area contributed by atoms with Gasteiger partial charge in [0.15, 0.2) is 11.6 Å². The number of halogens is 1. The summed E-state index contributed by atoms with van der Waals surface area (Å²) in [6.45, 7) is 10.0. The van der Waals surface area contributed by atoms with E-state index in [-0.39, 0.29) is 17.5 Å². The number of rotatable bonds is 7. The fraction of sp³-hybridized carbons (Fsp3) is 0.357. The van der Waals surface area contributed by atoms with Gasteiger partial charge in [-0.15, -0.1) is 6.58 Å². The van der Waals surface area contributed by atoms with Crippen molar-refractivity contribution in [1.29, 1.82) is 0 Å². The number of nitrogens with zero attached hydrogens (tertiary/aromatic N) is 4. The number of fused-ring (bicyclic) bond motifs is 1. The monoisotopic (exact) mass is 474 g/mol. The maximum atomic E-state index is 14.4. The number of benzene rings is 2. The number of ether oxygens (including phenoxy) is 1. The number of likely N-dealkylation sites (N-methyl/N-ethyl adjacent to an activating group) is 1. The second-order valence-corrected chi connectivity index (χ2v) is 9.46. The first kappa shape index (κ1) is 23.3. The molecular weight excluding hydrogens is 443 g/mol. The van der Waals surface area contributed by atoms with Crippen molar-refractivity contribution in [3.63, 3.8) is 0 Å². The summed E-state index contributed by atoms with van der Waals surface area (Å²) in [4.78, 5) is 7.49. The summed E-state index contributed by atoms with van der Waals surface area (Å²) in [6.07, 6.45) is 3.59. The smallest absolute Gasteiger partial charge is 0.165 e. The Kier molecular flexibility index (Phi) is 6.19. The van der Waals surface area contributed by atoms with Crippen molar-refractivity contribution >= 4 is 11.0 Å². The van der Waals surface area contributed by atoms with Crippen LogP contribution in [0.25, 0.3) is 22.2 Å². The Morgan fingerprint density at radius 3 is 2.71 bits per heavy atom. The number of aromatic nitrogens is 3. The van der Waals surface area contributed by atoms with Gasteiger partial charge in [-0.1, -0.05) is 23.4 Å². The lowest BCUT2D eigenvalue weighted by molar-refractivity contribution is 0.386. The van der Waals surface area contributed by atoms with Gasteiger partial charge in [0.2, 0.25) is 0 Å². The Morgan fingerprint density at radius 2 is 2.09 bits per heavy atom. The van der Waals surface area contributed by atoms with Crippen molar-refractivity contribution in [2.45, 2.75) is 38.6 Å². The van der Waals surface area contributed by atoms with E-state index in [4.69, 9.17) is 14.2 Å². The van der Waals surface area contributed by atoms with Crippen LogP contribution in [0.15, 0.2) is 53.6 Å². The molecule has 7 heteroatoms. The van der Waals surface area contributed by atoms with Gasteiger partial charge in [0.25, 0.3) is 0 Å². The number of imidazole rings is 1. The SMILES string of the molecule is C=CC(Cc1ccc(OC)c(F)c1)c1nc2cc(-c3c(C)noc3C)ccc2n1C1CCN(C)C1. The molecule has 6 nitrogen and oxygen atoms in total. The van der Waals surface area contributed by atoms with Crippen LogP contribution in [0.5, 0.6) is 5.75 Å². The first-order chi connectivity index (χ1) is 16.9. The fourth-order valence-electron chi connectivity index (χ4n) is 5.31. The molecule has 1 aliphatic heterocycles. The van der Waals surface area contributed by atoms with Crippen molar-refractivity contribution in [2.24, 2.45) is 0 Å². The van der Waals surface area contributed by atoms with E-state index in [9.17, 15) is 4.39 Å². The van der Waals surface area contributed by atoms with E-state index >= 15 is 0 Å². The fourth-order valence-corrected chi connectivity index (χ4v) is 5.31. The van der Waals surface area contributed by atoms with Crippen LogP contribution in [-0.2, 0) is 6.42 Å². The lowest BCUT2D eigenvalue weighted by Crippen LogP contribution is -2.19. The summed E-state index contributed by atoms with van der Waals surface area (Å²) in [5.41, 5.74) is 5.83. The van der Waals surface area contributed by atoms with Crippen LogP contribution < -0.4 is 4.74 Å². The van der Waals surface area contributed by atoms with E-state index in [0.29, 0.717) is 12.5 Å². The van der Waals surface area contributed by atoms with Crippen LogP contribution >= 0.6 is 0 Å². The molecule has 0 spiro atoms. The number of likely N-dealkylation sites (tertiary alicyclic amines) is 1. The standard InChI is InChI=1S/C28H31FN4O2/c1-6-20(13-19-7-10-26(34-5)23(29)14-19)28-30-24-15-21(27-17(2)31-35-18(27)3)8-9-25(24)33(28)22-11-12-32(4)16-22/h6-10,14-15,20,22H,1,11-13,16H2,2-5H3. The highest BCUT2D eigenvalue weighted by Gasteiger charge is 2.28. The molecule has 2 atom stereocenters. The first-order valence-corrected chi connectivity index (χ1v) is 12.0. The molecule has 1 fully saturated rings. The first-order valence-electron chi connectivity index (χ1n) is 12.0. The predicted octanol–water partition coefficient (Wildman–Crippen LogP) is 5.84. The highest BCUT2D eigenvalue weighted by molar-refractivity contribution is 5.84. The molecule has 182 valence electrons. The number of allylic oxidation sites excluding steroid dienone is 1. The van der Waals surface area contributed by atoms with Crippen LogP contribution in [0.4, 0.5) is 4.39 Å². The number of hydrogen-bond donors (Lipinski definition) is 0. The Hall–Kier alpha value is -3.45. The molecule has 0 radical (unpaired) electrons. The van der Waals surface area contributed by atoms with Crippen LogP contribution in [0.3, 0.4) is 0 Å². The summed E-state index contributed by atoms with van der Waals surface area (Å²) >= 11 is 0. The van der Waals surface area contributed by atoms with Gasteiger partial charge in [-0.3, -0.25) is 0 Å². The van der Waals surface area contributed by atoms with E-state index in [1.165, 1.54) is 7.11 Å². The molecule has 0 bridgehead atoms. The minimum absolute atomic E-state index is 0.0661. The summed E-state index contributed by atoms with van der Waals surface area (Å²) in [7, 11) is 3.63. The van der Waals surface area contributed by atoms with Crippen molar-refractivity contribution in [3.8, 4) is 16.9 Å². The topological polar surface area (TPSA) is 56.3 Å². The molecule has 3 heterocycles. The highest BCUT2D eigenvalue weighted by atomic mass is 19.1. The molecule has 0 saturated carbocycles. The average Bonchev–Trinajstić information content (AvgIpc) is 3.53. The molecule has 5 rings (SSSR count). The van der Waals surface area contributed by atoms with Gasteiger partial charge >= 0.3 is 0 Å². The second kappa shape index (κ2) is 9.30. The zero-order chi connectivity index (χ0) is 24.7. The lowest BCUT2D eigenvalue weighted by atomic mass is 9.98. The minimum atomic E-state index is -0.358. The van der Waals surface area contributed by atoms with E-state index < -0.39 is 0 Å². The molecule has 1 aliphatic rings. The van der Waals surface area contributed by atoms with Crippen LogP contribution in [0.2, 0.25) is 0 Å². The number of aryl methyl sites for hydroxylation is 2. The summed E-state index contributed by atoms with van der Waals surface area (Å²) in [5, 5.41) is 4.12. The molecule has 35 heavy (non-hydrogen) atoms. The second-order valence-electron chi connectivity index (χ2n) is 9.46. The summed E-state index contributed by atoms with van der Waals surface area (Å²) < 4.78 is 27.3. The Morgan fingerprint density at radius 1 is 1.26 bits per heavy atom. The van der Waals surface area contributed by atoms with Gasteiger partial charge in [-0.25, -0.2) is 9.37 Å². The van der Waals surface area contributed by atoms with Crippen molar-refractivity contribution < 1.29 is 13.7 Å². The molecule has 0 amide bonds. The largest absolute Gasteiger partial charge is 0.494 e. The van der Waals surface area contributed by atoms with E-state index in [1.54, 1.807) is 12.1 Å². The van der Waals surface area contributed by atoms with Gasteiger partial charge in [0, 0.05) is 24.1 Å². The Labute approximate surface area is 205 Å². The van der Waals surface area contributed by atoms with Gasteiger partial charge in [0.05, 0.1) is 23.8 Å². The molecule has 2 aromatic heterocycles. The zero-order valence-corrected chi connectivity index (χ0v) is 20.7. The predicted molar refractivity (Wildman–Crippen MR) is 135 cm³/mol. The normalized spacial score (nSPS) is 17.2. The number of methoxy groups -OCH3 is 1. The van der Waals surface area contributed by atoms with E-state index in [2.05, 4.69) is 46.4 Å². The van der Waals surface area contributed by atoms with Gasteiger partial charge in [-0.2, -0.15) is 0 Å². The number of hydrogen-bond acceptors (Lipinski definition) is 5. The Bertz CT molecular complexity index is 1370. The summed E-state index contributed by atoms with van der Waals surface area (Å²) in [5.74, 6) is 1.58. The third-order valence-corrected chi connectivity index (χ3v) is 7.06. The molecular formula is C28H31FN4O2. The molecule has 2 unspecified atom stereocenters. The molecule has 0 aliphatic carbocycles. The maximum Gasteiger partial charge on any atom is 0.165 e. The van der Waals surface area contributed by atoms with Gasteiger partial charge in [0.1, 0.15) is 11.6 Å². The van der Waals surface area contributed by atoms with Crippen LogP contribution in [0.1, 0.15) is 41.2 Å². The molecule has 4 aromatic rings. The van der Waals surface area contributed by atoms with E-state index in [0.717, 1.165) is 64.5 Å². The van der Waals surface area contributed by atoms with E-state index in [1.807, 2.05) is 26.0 Å². The minimum Gasteiger partial charge on any atom is -0.494 e. The zero-order valence-electron chi connectivity index (χ0n) is 20.7. The van der Waals surface area contributed by atoms with Gasteiger partial charge < -0.3 is 18.7 Å². The van der Waals surface area contributed by atoms with Gasteiger partial charge in [-0.05, 0) is 75.7 Å². The van der Waals surface area contributed by atoms with Crippen molar-refractivity contribution in [3.05, 3.63) is 77.7 Å². The highest BCUT2D eigenvalue weighted by Crippen LogP contribution is 2.36. The summed E-state index contributed by atoms with van der Waals surface area (Å²) in [6, 6.07) is 11.8. The molecule has 0 N–H and O–H groups in total. The molecule has 1 saturated heterocycles. The maximum absolute atomic E-state index is 14.4. The van der Waals surface area contributed by atoms with Crippen LogP contribution in [0, 0.1) is 19.7 Å². The Balaban J connectivity index is 1.60. The molecule has 2 aromatic carbocycles. The lowest BCUT2D eigenvalue weighted by Gasteiger charge is -2.21. The van der Waals surface area contributed by atoms with Crippen LogP contribution in [-0.4, -0.2) is 46.9 Å². The quantitative estimate of drug-likeness (QED) is 0.315. The van der Waals surface area contributed by atoms with Crippen molar-refractivity contribution in [1.82, 2.24) is 19.6 Å². The van der Waals surface area contributed by atoms with Crippen molar-refractivity contribution in [2.75, 3.05) is 27.2 Å².